The lowest BCUT2D eigenvalue weighted by molar-refractivity contribution is -0.142. The third-order valence-corrected chi connectivity index (χ3v) is 3.67. The molecule has 0 spiro atoms. The minimum Gasteiger partial charge on any atom is -0.468 e. The molecule has 3 nitrogen and oxygen atoms in total. The van der Waals surface area contributed by atoms with Crippen molar-refractivity contribution in [3.8, 4) is 0 Å². The number of hydrogen-bond acceptors (Lipinski definition) is 3. The van der Waals surface area contributed by atoms with Gasteiger partial charge in [-0.05, 0) is 32.6 Å². The SMILES string of the molecule is COC(=O)C(C)N[C@@H](C)C1CCCCCC1. The molecule has 1 aliphatic carbocycles. The molecule has 94 valence electrons. The molecule has 0 heterocycles. The van der Waals surface area contributed by atoms with E-state index in [0.717, 1.165) is 5.92 Å². The van der Waals surface area contributed by atoms with E-state index in [2.05, 4.69) is 12.2 Å². The van der Waals surface area contributed by atoms with Crippen LogP contribution in [-0.4, -0.2) is 25.2 Å². The highest BCUT2D eigenvalue weighted by Gasteiger charge is 2.22. The van der Waals surface area contributed by atoms with Gasteiger partial charge >= 0.3 is 5.97 Å². The van der Waals surface area contributed by atoms with Crippen LogP contribution in [0.25, 0.3) is 0 Å². The number of methoxy groups -OCH3 is 1. The van der Waals surface area contributed by atoms with Crippen LogP contribution in [0.3, 0.4) is 0 Å². The molecule has 0 aromatic carbocycles. The molecule has 0 saturated heterocycles. The molecule has 2 atom stereocenters. The lowest BCUT2D eigenvalue weighted by Gasteiger charge is -2.26. The summed E-state index contributed by atoms with van der Waals surface area (Å²) in [5.74, 6) is 0.551. The molecule has 0 bridgehead atoms. The maximum Gasteiger partial charge on any atom is 0.322 e. The fourth-order valence-electron chi connectivity index (χ4n) is 2.59. The second-order valence-electron chi connectivity index (χ2n) is 4.95. The summed E-state index contributed by atoms with van der Waals surface area (Å²) in [5, 5.41) is 3.35. The Morgan fingerprint density at radius 3 is 2.25 bits per heavy atom. The molecule has 0 amide bonds. The van der Waals surface area contributed by atoms with Crippen molar-refractivity contribution in [2.24, 2.45) is 5.92 Å². The van der Waals surface area contributed by atoms with E-state index in [-0.39, 0.29) is 12.0 Å². The van der Waals surface area contributed by atoms with Crippen LogP contribution in [-0.2, 0) is 9.53 Å². The van der Waals surface area contributed by atoms with Crippen molar-refractivity contribution in [2.45, 2.75) is 64.5 Å². The number of carbonyl (C=O) groups is 1. The summed E-state index contributed by atoms with van der Waals surface area (Å²) in [6, 6.07) is 0.218. The maximum atomic E-state index is 11.3. The van der Waals surface area contributed by atoms with Crippen LogP contribution in [0.4, 0.5) is 0 Å². The average molecular weight is 227 g/mol. The van der Waals surface area contributed by atoms with Gasteiger partial charge in [-0.3, -0.25) is 4.79 Å². The van der Waals surface area contributed by atoms with Crippen molar-refractivity contribution in [1.82, 2.24) is 5.32 Å². The Morgan fingerprint density at radius 2 is 1.75 bits per heavy atom. The molecule has 16 heavy (non-hydrogen) atoms. The highest BCUT2D eigenvalue weighted by molar-refractivity contribution is 5.75. The second-order valence-corrected chi connectivity index (χ2v) is 4.95. The minimum absolute atomic E-state index is 0.166. The van der Waals surface area contributed by atoms with Gasteiger partial charge in [-0.25, -0.2) is 0 Å². The summed E-state index contributed by atoms with van der Waals surface area (Å²) in [5.41, 5.74) is 0. The van der Waals surface area contributed by atoms with Crippen molar-refractivity contribution in [1.29, 1.82) is 0 Å². The third kappa shape index (κ3) is 4.12. The number of carbonyl (C=O) groups excluding carboxylic acids is 1. The molecule has 1 rings (SSSR count). The zero-order valence-electron chi connectivity index (χ0n) is 10.8. The van der Waals surface area contributed by atoms with Crippen molar-refractivity contribution in [3.05, 3.63) is 0 Å². The summed E-state index contributed by atoms with van der Waals surface area (Å²) >= 11 is 0. The Hall–Kier alpha value is -0.570. The van der Waals surface area contributed by atoms with Crippen LogP contribution in [0.15, 0.2) is 0 Å². The number of hydrogen-bond donors (Lipinski definition) is 1. The van der Waals surface area contributed by atoms with Gasteiger partial charge in [0.05, 0.1) is 7.11 Å². The topological polar surface area (TPSA) is 38.3 Å². The van der Waals surface area contributed by atoms with Gasteiger partial charge in [0.1, 0.15) is 6.04 Å². The highest BCUT2D eigenvalue weighted by atomic mass is 16.5. The van der Waals surface area contributed by atoms with Crippen LogP contribution in [0, 0.1) is 5.92 Å². The van der Waals surface area contributed by atoms with Gasteiger partial charge in [-0.15, -0.1) is 0 Å². The van der Waals surface area contributed by atoms with E-state index >= 15 is 0 Å². The second kappa shape index (κ2) is 6.89. The minimum atomic E-state index is -0.191. The average Bonchev–Trinajstić information content (AvgIpc) is 2.56. The summed E-state index contributed by atoms with van der Waals surface area (Å²) < 4.78 is 4.72. The van der Waals surface area contributed by atoms with E-state index in [1.807, 2.05) is 6.92 Å². The van der Waals surface area contributed by atoms with Crippen LogP contribution < -0.4 is 5.32 Å². The largest absolute Gasteiger partial charge is 0.468 e. The number of esters is 1. The summed E-state index contributed by atoms with van der Waals surface area (Å²) in [7, 11) is 1.44. The molecule has 0 aromatic heterocycles. The molecule has 1 saturated carbocycles. The van der Waals surface area contributed by atoms with Gasteiger partial charge in [0, 0.05) is 6.04 Å². The molecular weight excluding hydrogens is 202 g/mol. The van der Waals surface area contributed by atoms with Crippen molar-refractivity contribution >= 4 is 5.97 Å². The van der Waals surface area contributed by atoms with Crippen molar-refractivity contribution in [2.75, 3.05) is 7.11 Å². The number of rotatable bonds is 4. The van der Waals surface area contributed by atoms with Gasteiger partial charge in [0.2, 0.25) is 0 Å². The summed E-state index contributed by atoms with van der Waals surface area (Å²) in [4.78, 5) is 11.3. The molecular formula is C13H25NO2. The Bertz CT molecular complexity index is 210. The first-order chi connectivity index (χ1) is 7.65. The van der Waals surface area contributed by atoms with Crippen LogP contribution >= 0.6 is 0 Å². The number of ether oxygens (including phenoxy) is 1. The lowest BCUT2D eigenvalue weighted by Crippen LogP contribution is -2.44. The molecule has 3 heteroatoms. The Kier molecular flexibility index (Phi) is 5.81. The molecule has 1 unspecified atom stereocenters. The van der Waals surface area contributed by atoms with E-state index in [0.29, 0.717) is 6.04 Å². The zero-order valence-corrected chi connectivity index (χ0v) is 10.8. The highest BCUT2D eigenvalue weighted by Crippen LogP contribution is 2.25. The fourth-order valence-corrected chi connectivity index (χ4v) is 2.59. The van der Waals surface area contributed by atoms with Crippen molar-refractivity contribution < 1.29 is 9.53 Å². The molecule has 0 aliphatic heterocycles. The van der Waals surface area contributed by atoms with Gasteiger partial charge in [0.15, 0.2) is 0 Å². The van der Waals surface area contributed by atoms with Crippen LogP contribution in [0.5, 0.6) is 0 Å². The molecule has 1 fully saturated rings. The molecule has 0 aromatic rings. The van der Waals surface area contributed by atoms with E-state index in [4.69, 9.17) is 4.74 Å². The summed E-state index contributed by atoms with van der Waals surface area (Å²) in [6.45, 7) is 4.06. The Morgan fingerprint density at radius 1 is 1.19 bits per heavy atom. The van der Waals surface area contributed by atoms with Crippen LogP contribution in [0.2, 0.25) is 0 Å². The molecule has 1 N–H and O–H groups in total. The Labute approximate surface area is 98.9 Å². The smallest absolute Gasteiger partial charge is 0.322 e. The quantitative estimate of drug-likeness (QED) is 0.592. The van der Waals surface area contributed by atoms with E-state index in [1.54, 1.807) is 0 Å². The van der Waals surface area contributed by atoms with Gasteiger partial charge < -0.3 is 10.1 Å². The standard InChI is InChI=1S/C13H25NO2/c1-10(14-11(2)13(15)16-3)12-8-6-4-5-7-9-12/h10-12,14H,4-9H2,1-3H3/t10-,11?/m0/s1. The third-order valence-electron chi connectivity index (χ3n) is 3.67. The van der Waals surface area contributed by atoms with Crippen LogP contribution in [0.1, 0.15) is 52.4 Å². The van der Waals surface area contributed by atoms with Gasteiger partial charge in [0.25, 0.3) is 0 Å². The number of nitrogens with one attached hydrogen (secondary N) is 1. The zero-order chi connectivity index (χ0) is 12.0. The first kappa shape index (κ1) is 13.5. The lowest BCUT2D eigenvalue weighted by atomic mass is 9.92. The maximum absolute atomic E-state index is 11.3. The Balaban J connectivity index is 2.37. The van der Waals surface area contributed by atoms with E-state index in [9.17, 15) is 4.79 Å². The monoisotopic (exact) mass is 227 g/mol. The predicted molar refractivity (Wildman–Crippen MR) is 65.3 cm³/mol. The fraction of sp³-hybridized carbons (Fsp3) is 0.923. The van der Waals surface area contributed by atoms with Gasteiger partial charge in [-0.1, -0.05) is 25.7 Å². The summed E-state index contributed by atoms with van der Waals surface area (Å²) in [6.07, 6.45) is 8.00. The molecule has 0 radical (unpaired) electrons. The first-order valence-corrected chi connectivity index (χ1v) is 6.49. The van der Waals surface area contributed by atoms with Crippen molar-refractivity contribution in [3.63, 3.8) is 0 Å². The molecule has 1 aliphatic rings. The van der Waals surface area contributed by atoms with E-state index < -0.39 is 0 Å². The predicted octanol–water partition coefficient (Wildman–Crippen LogP) is 2.50. The first-order valence-electron chi connectivity index (χ1n) is 6.49. The van der Waals surface area contributed by atoms with E-state index in [1.165, 1.54) is 45.6 Å². The normalized spacial score (nSPS) is 22.2. The van der Waals surface area contributed by atoms with Gasteiger partial charge in [-0.2, -0.15) is 0 Å².